The van der Waals surface area contributed by atoms with Gasteiger partial charge in [-0.3, -0.25) is 4.79 Å². The Bertz CT molecular complexity index is 1480. The number of hydrogen-bond acceptors (Lipinski definition) is 5. The summed E-state index contributed by atoms with van der Waals surface area (Å²) in [6, 6.07) is 25.5. The zero-order valence-corrected chi connectivity index (χ0v) is 21.4. The molecule has 0 saturated carbocycles. The number of aryl methyl sites for hydroxylation is 1. The molecule has 182 valence electrons. The van der Waals surface area contributed by atoms with Gasteiger partial charge in [-0.15, -0.1) is 11.3 Å². The second-order valence-electron chi connectivity index (χ2n) is 8.95. The Kier molecular flexibility index (Phi) is 6.87. The van der Waals surface area contributed by atoms with Crippen LogP contribution in [0.15, 0.2) is 83.3 Å². The van der Waals surface area contributed by atoms with Crippen molar-refractivity contribution in [3.8, 4) is 16.3 Å². The molecule has 1 amide bonds. The van der Waals surface area contributed by atoms with Gasteiger partial charge in [0.2, 0.25) is 0 Å². The van der Waals surface area contributed by atoms with Crippen LogP contribution in [-0.4, -0.2) is 10.9 Å². The molecule has 0 aliphatic carbocycles. The molecule has 36 heavy (non-hydrogen) atoms. The number of thiazole rings is 1. The predicted molar refractivity (Wildman–Crippen MR) is 146 cm³/mol. The molecule has 0 aliphatic heterocycles. The van der Waals surface area contributed by atoms with Gasteiger partial charge in [0.05, 0.1) is 10.2 Å². The lowest BCUT2D eigenvalue weighted by Crippen LogP contribution is -2.10. The second kappa shape index (κ2) is 10.4. The monoisotopic (exact) mass is 496 g/mol. The van der Waals surface area contributed by atoms with Crippen LogP contribution in [0, 0.1) is 6.92 Å². The van der Waals surface area contributed by atoms with Crippen LogP contribution in [0.1, 0.15) is 53.6 Å². The van der Waals surface area contributed by atoms with Crippen LogP contribution in [0.5, 0.6) is 5.75 Å². The number of benzene rings is 3. The van der Waals surface area contributed by atoms with Gasteiger partial charge >= 0.3 is 0 Å². The van der Waals surface area contributed by atoms with E-state index in [0.29, 0.717) is 17.4 Å². The summed E-state index contributed by atoms with van der Waals surface area (Å²) in [5.74, 6) is 1.83. The normalized spacial score (nSPS) is 12.0. The minimum atomic E-state index is -0.303. The number of fused-ring (bicyclic) bond motifs is 1. The van der Waals surface area contributed by atoms with Crippen LogP contribution in [0.2, 0.25) is 0 Å². The van der Waals surface area contributed by atoms with E-state index in [1.165, 1.54) is 15.8 Å². The van der Waals surface area contributed by atoms with Crippen molar-refractivity contribution in [2.45, 2.75) is 39.7 Å². The van der Waals surface area contributed by atoms with Crippen LogP contribution in [0.25, 0.3) is 20.8 Å². The van der Waals surface area contributed by atoms with Gasteiger partial charge in [-0.1, -0.05) is 32.0 Å². The molecule has 0 radical (unpaired) electrons. The number of ether oxygens (including phenoxy) is 1. The average molecular weight is 497 g/mol. The van der Waals surface area contributed by atoms with E-state index in [1.807, 2.05) is 42.5 Å². The number of anilines is 1. The number of rotatable bonds is 8. The highest BCUT2D eigenvalue weighted by Crippen LogP contribution is 2.31. The van der Waals surface area contributed by atoms with Crippen molar-refractivity contribution in [1.29, 1.82) is 0 Å². The van der Waals surface area contributed by atoms with Gasteiger partial charge < -0.3 is 14.5 Å². The van der Waals surface area contributed by atoms with Gasteiger partial charge in [-0.25, -0.2) is 4.98 Å². The van der Waals surface area contributed by atoms with E-state index in [1.54, 1.807) is 23.5 Å². The third-order valence-corrected chi connectivity index (χ3v) is 7.33. The maximum atomic E-state index is 12.7. The van der Waals surface area contributed by atoms with E-state index in [4.69, 9.17) is 14.1 Å². The van der Waals surface area contributed by atoms with Crippen molar-refractivity contribution in [3.63, 3.8) is 0 Å². The van der Waals surface area contributed by atoms with E-state index >= 15 is 0 Å². The summed E-state index contributed by atoms with van der Waals surface area (Å²) < 4.78 is 12.7. The Morgan fingerprint density at radius 1 is 1.03 bits per heavy atom. The first-order valence-electron chi connectivity index (χ1n) is 12.1. The maximum Gasteiger partial charge on any atom is 0.291 e. The zero-order valence-electron chi connectivity index (χ0n) is 20.6. The number of aromatic nitrogens is 1. The summed E-state index contributed by atoms with van der Waals surface area (Å²) in [6.07, 6.45) is 1.10. The van der Waals surface area contributed by atoms with Gasteiger partial charge in [-0.05, 0) is 91.1 Å². The van der Waals surface area contributed by atoms with Crippen LogP contribution in [-0.2, 0) is 6.61 Å². The van der Waals surface area contributed by atoms with E-state index in [0.717, 1.165) is 28.3 Å². The minimum absolute atomic E-state index is 0.242. The van der Waals surface area contributed by atoms with Gasteiger partial charge in [0.25, 0.3) is 5.91 Å². The smallest absolute Gasteiger partial charge is 0.291 e. The van der Waals surface area contributed by atoms with E-state index in [2.05, 4.69) is 50.4 Å². The molecule has 3 aromatic carbocycles. The Morgan fingerprint density at radius 3 is 2.56 bits per heavy atom. The topological polar surface area (TPSA) is 64.4 Å². The number of furan rings is 1. The van der Waals surface area contributed by atoms with E-state index < -0.39 is 0 Å². The lowest BCUT2D eigenvalue weighted by molar-refractivity contribution is 0.0992. The summed E-state index contributed by atoms with van der Waals surface area (Å²) >= 11 is 1.66. The Labute approximate surface area is 214 Å². The fourth-order valence-corrected chi connectivity index (χ4v) is 4.97. The molecule has 6 heteroatoms. The molecule has 0 aliphatic rings. The SMILES string of the molecule is CCC(C)c1ccc(OCc2ccc(C(=O)Nc3ccc(-c4nc5ccc(C)cc5s4)cc3)o2)cc1. The molecule has 2 heterocycles. The molecular weight excluding hydrogens is 468 g/mol. The number of nitrogens with zero attached hydrogens (tertiary/aromatic N) is 1. The molecule has 1 unspecified atom stereocenters. The first-order chi connectivity index (χ1) is 17.5. The number of amides is 1. The molecule has 2 aromatic heterocycles. The molecule has 5 nitrogen and oxygen atoms in total. The molecule has 5 aromatic rings. The Hall–Kier alpha value is -3.90. The van der Waals surface area contributed by atoms with Gasteiger partial charge in [0, 0.05) is 11.3 Å². The molecule has 0 saturated heterocycles. The van der Waals surface area contributed by atoms with E-state index in [-0.39, 0.29) is 18.3 Å². The fraction of sp³-hybridized carbons (Fsp3) is 0.200. The molecule has 1 atom stereocenters. The van der Waals surface area contributed by atoms with Crippen molar-refractivity contribution >= 4 is 33.1 Å². The molecule has 0 spiro atoms. The Balaban J connectivity index is 1.18. The summed E-state index contributed by atoms with van der Waals surface area (Å²) in [4.78, 5) is 17.4. The van der Waals surface area contributed by atoms with Crippen molar-refractivity contribution in [1.82, 2.24) is 4.98 Å². The third kappa shape index (κ3) is 5.34. The molecule has 0 bridgehead atoms. The average Bonchev–Trinajstić information content (AvgIpc) is 3.55. The molecule has 5 rings (SSSR count). The molecule has 0 fully saturated rings. The van der Waals surface area contributed by atoms with Crippen LogP contribution in [0.4, 0.5) is 5.69 Å². The lowest BCUT2D eigenvalue weighted by Gasteiger charge is -2.10. The van der Waals surface area contributed by atoms with Crippen LogP contribution < -0.4 is 10.1 Å². The van der Waals surface area contributed by atoms with Crippen LogP contribution >= 0.6 is 11.3 Å². The quantitative estimate of drug-likeness (QED) is 0.235. The first-order valence-corrected chi connectivity index (χ1v) is 12.9. The Morgan fingerprint density at radius 2 is 1.81 bits per heavy atom. The highest BCUT2D eigenvalue weighted by molar-refractivity contribution is 7.21. The van der Waals surface area contributed by atoms with Crippen molar-refractivity contribution in [2.75, 3.05) is 5.32 Å². The zero-order chi connectivity index (χ0) is 25.1. The lowest BCUT2D eigenvalue weighted by atomic mass is 9.99. The highest BCUT2D eigenvalue weighted by atomic mass is 32.1. The molecular formula is C30H28N2O3S. The number of carbonyl (C=O) groups is 1. The van der Waals surface area contributed by atoms with Crippen molar-refractivity contribution < 1.29 is 13.9 Å². The van der Waals surface area contributed by atoms with Crippen molar-refractivity contribution in [2.24, 2.45) is 0 Å². The van der Waals surface area contributed by atoms with Crippen molar-refractivity contribution in [3.05, 3.63) is 102 Å². The summed E-state index contributed by atoms with van der Waals surface area (Å²) in [5, 5.41) is 3.85. The minimum Gasteiger partial charge on any atom is -0.486 e. The summed E-state index contributed by atoms with van der Waals surface area (Å²) in [7, 11) is 0. The maximum absolute atomic E-state index is 12.7. The van der Waals surface area contributed by atoms with Gasteiger partial charge in [0.15, 0.2) is 5.76 Å². The van der Waals surface area contributed by atoms with Gasteiger partial charge in [0.1, 0.15) is 23.1 Å². The molecule has 1 N–H and O–H groups in total. The summed E-state index contributed by atoms with van der Waals surface area (Å²) in [6.45, 7) is 6.73. The highest BCUT2D eigenvalue weighted by Gasteiger charge is 2.13. The summed E-state index contributed by atoms with van der Waals surface area (Å²) in [5.41, 5.74) is 5.22. The number of hydrogen-bond donors (Lipinski definition) is 1. The predicted octanol–water partition coefficient (Wildman–Crippen LogP) is 8.21. The first kappa shape index (κ1) is 23.8. The standard InChI is InChI=1S/C30H28N2O3S/c1-4-20(3)21-8-12-24(13-9-21)34-18-25-14-16-27(35-25)29(33)31-23-10-6-22(7-11-23)30-32-26-15-5-19(2)17-28(26)36-30/h5-17,20H,4,18H2,1-3H3,(H,31,33). The second-order valence-corrected chi connectivity index (χ2v) is 9.99. The number of carbonyl (C=O) groups excluding carboxylic acids is 1. The fourth-order valence-electron chi connectivity index (χ4n) is 3.90. The third-order valence-electron chi connectivity index (χ3n) is 6.26. The number of nitrogens with one attached hydrogen (secondary N) is 1. The largest absolute Gasteiger partial charge is 0.486 e. The van der Waals surface area contributed by atoms with Gasteiger partial charge in [-0.2, -0.15) is 0 Å². The van der Waals surface area contributed by atoms with E-state index in [9.17, 15) is 4.79 Å². The van der Waals surface area contributed by atoms with Crippen LogP contribution in [0.3, 0.4) is 0 Å².